The summed E-state index contributed by atoms with van der Waals surface area (Å²) in [6.45, 7) is 6.98. The third kappa shape index (κ3) is 4.54. The van der Waals surface area contributed by atoms with Gasteiger partial charge in [0.15, 0.2) is 0 Å². The molecule has 0 amide bonds. The first-order chi connectivity index (χ1) is 7.97. The second-order valence-corrected chi connectivity index (χ2v) is 7.04. The van der Waals surface area contributed by atoms with E-state index in [1.165, 1.54) is 12.8 Å². The molecule has 0 aromatic heterocycles. The molecule has 2 N–H and O–H groups in total. The Morgan fingerprint density at radius 1 is 1.18 bits per heavy atom. The van der Waals surface area contributed by atoms with E-state index in [-0.39, 0.29) is 6.04 Å². The molecule has 5 nitrogen and oxygen atoms in total. The molecule has 1 saturated heterocycles. The van der Waals surface area contributed by atoms with Gasteiger partial charge in [0, 0.05) is 19.1 Å². The van der Waals surface area contributed by atoms with Gasteiger partial charge in [-0.15, -0.1) is 0 Å². The molecule has 0 bridgehead atoms. The quantitative estimate of drug-likeness (QED) is 0.679. The van der Waals surface area contributed by atoms with Gasteiger partial charge >= 0.3 is 0 Å². The Morgan fingerprint density at radius 3 is 2.29 bits per heavy atom. The fourth-order valence-electron chi connectivity index (χ4n) is 2.09. The Kier molecular flexibility index (Phi) is 5.85. The van der Waals surface area contributed by atoms with Crippen molar-refractivity contribution in [2.24, 2.45) is 0 Å². The molecular weight excluding hydrogens is 238 g/mol. The predicted molar refractivity (Wildman–Crippen MR) is 70.6 cm³/mol. The smallest absolute Gasteiger partial charge is 0.215 e. The van der Waals surface area contributed by atoms with Crippen LogP contribution in [0.4, 0.5) is 0 Å². The van der Waals surface area contributed by atoms with E-state index in [0.29, 0.717) is 13.1 Å². The molecule has 1 heterocycles. The van der Waals surface area contributed by atoms with Gasteiger partial charge in [0.2, 0.25) is 10.0 Å². The molecule has 0 aromatic carbocycles. The van der Waals surface area contributed by atoms with Crippen molar-refractivity contribution in [2.45, 2.75) is 38.0 Å². The number of sulfonamides is 1. The monoisotopic (exact) mass is 263 g/mol. The zero-order chi connectivity index (χ0) is 12.9. The van der Waals surface area contributed by atoms with Crippen LogP contribution >= 0.6 is 0 Å². The number of hydrogen-bond donors (Lipinski definition) is 2. The van der Waals surface area contributed by atoms with Gasteiger partial charge in [-0.1, -0.05) is 0 Å². The lowest BCUT2D eigenvalue weighted by Gasteiger charge is -2.24. The van der Waals surface area contributed by atoms with Crippen LogP contribution < -0.4 is 10.0 Å². The van der Waals surface area contributed by atoms with E-state index in [0.717, 1.165) is 13.1 Å². The maximum atomic E-state index is 11.9. The highest BCUT2D eigenvalue weighted by Gasteiger charge is 2.23. The zero-order valence-corrected chi connectivity index (χ0v) is 11.9. The topological polar surface area (TPSA) is 61.4 Å². The lowest BCUT2D eigenvalue weighted by atomic mass is 10.3. The number of nitrogens with zero attached hydrogens (tertiary/aromatic N) is 1. The second-order valence-electron chi connectivity index (χ2n) is 4.85. The maximum Gasteiger partial charge on any atom is 0.215 e. The Hall–Kier alpha value is -0.170. The highest BCUT2D eigenvalue weighted by Crippen LogP contribution is 2.11. The number of likely N-dealkylation sites (tertiary alicyclic amines) is 1. The van der Waals surface area contributed by atoms with Crippen LogP contribution in [0.15, 0.2) is 0 Å². The summed E-state index contributed by atoms with van der Waals surface area (Å²) < 4.78 is 26.5. The van der Waals surface area contributed by atoms with Crippen molar-refractivity contribution >= 4 is 10.0 Å². The standard InChI is InChI=1S/C11H25N3O2S/c1-10(14-6-4-5-7-14)8-13-17(15,16)11(2)9-12-3/h10-13H,4-9H2,1-3H3. The highest BCUT2D eigenvalue weighted by molar-refractivity contribution is 7.90. The molecule has 2 unspecified atom stereocenters. The third-order valence-electron chi connectivity index (χ3n) is 3.37. The van der Waals surface area contributed by atoms with Gasteiger partial charge in [-0.2, -0.15) is 0 Å². The lowest BCUT2D eigenvalue weighted by Crippen LogP contribution is -2.44. The van der Waals surface area contributed by atoms with Gasteiger partial charge in [0.05, 0.1) is 5.25 Å². The van der Waals surface area contributed by atoms with Crippen molar-refractivity contribution < 1.29 is 8.42 Å². The molecule has 2 atom stereocenters. The van der Waals surface area contributed by atoms with Crippen LogP contribution in [0.1, 0.15) is 26.7 Å². The van der Waals surface area contributed by atoms with E-state index >= 15 is 0 Å². The van der Waals surface area contributed by atoms with Crippen molar-refractivity contribution in [1.82, 2.24) is 14.9 Å². The molecule has 1 fully saturated rings. The first kappa shape index (κ1) is 14.9. The summed E-state index contributed by atoms with van der Waals surface area (Å²) in [4.78, 5) is 2.34. The Labute approximate surface area is 105 Å². The summed E-state index contributed by atoms with van der Waals surface area (Å²) in [6, 6.07) is 0.286. The summed E-state index contributed by atoms with van der Waals surface area (Å²) in [6.07, 6.45) is 2.46. The van der Waals surface area contributed by atoms with Crippen LogP contribution in [-0.4, -0.2) is 57.8 Å². The molecule has 0 aromatic rings. The van der Waals surface area contributed by atoms with Crippen LogP contribution in [0.3, 0.4) is 0 Å². The van der Waals surface area contributed by atoms with Crippen molar-refractivity contribution in [1.29, 1.82) is 0 Å². The van der Waals surface area contributed by atoms with Crippen molar-refractivity contribution in [3.05, 3.63) is 0 Å². The van der Waals surface area contributed by atoms with Gasteiger partial charge in [0.1, 0.15) is 0 Å². The highest BCUT2D eigenvalue weighted by atomic mass is 32.2. The Balaban J connectivity index is 2.38. The molecule has 0 radical (unpaired) electrons. The van der Waals surface area contributed by atoms with E-state index in [4.69, 9.17) is 0 Å². The SMILES string of the molecule is CNCC(C)S(=O)(=O)NCC(C)N1CCCC1. The molecule has 1 aliphatic heterocycles. The van der Waals surface area contributed by atoms with E-state index < -0.39 is 15.3 Å². The summed E-state index contributed by atoms with van der Waals surface area (Å²) in [5, 5.41) is 2.50. The molecule has 0 aliphatic carbocycles. The molecular formula is C11H25N3O2S. The molecule has 0 spiro atoms. The van der Waals surface area contributed by atoms with E-state index in [1.54, 1.807) is 14.0 Å². The van der Waals surface area contributed by atoms with Crippen molar-refractivity contribution in [2.75, 3.05) is 33.2 Å². The molecule has 1 rings (SSSR count). The van der Waals surface area contributed by atoms with Crippen LogP contribution in [-0.2, 0) is 10.0 Å². The zero-order valence-electron chi connectivity index (χ0n) is 11.1. The van der Waals surface area contributed by atoms with Crippen molar-refractivity contribution in [3.8, 4) is 0 Å². The maximum absolute atomic E-state index is 11.9. The Bertz CT molecular complexity index is 313. The molecule has 0 saturated carbocycles. The van der Waals surface area contributed by atoms with Crippen LogP contribution in [0.5, 0.6) is 0 Å². The fraction of sp³-hybridized carbons (Fsp3) is 1.00. The largest absolute Gasteiger partial charge is 0.318 e. The van der Waals surface area contributed by atoms with Crippen LogP contribution in [0.25, 0.3) is 0 Å². The minimum Gasteiger partial charge on any atom is -0.318 e. The fourth-order valence-corrected chi connectivity index (χ4v) is 3.23. The minimum absolute atomic E-state index is 0.286. The van der Waals surface area contributed by atoms with Gasteiger partial charge in [-0.3, -0.25) is 4.90 Å². The molecule has 102 valence electrons. The second kappa shape index (κ2) is 6.68. The third-order valence-corrected chi connectivity index (χ3v) is 5.16. The summed E-state index contributed by atoms with van der Waals surface area (Å²) in [7, 11) is -1.42. The average molecular weight is 263 g/mol. The van der Waals surface area contributed by atoms with Crippen LogP contribution in [0.2, 0.25) is 0 Å². The van der Waals surface area contributed by atoms with E-state index in [1.807, 2.05) is 0 Å². The van der Waals surface area contributed by atoms with Gasteiger partial charge in [-0.05, 0) is 46.8 Å². The lowest BCUT2D eigenvalue weighted by molar-refractivity contribution is 0.259. The summed E-state index contributed by atoms with van der Waals surface area (Å²) in [5.74, 6) is 0. The number of nitrogens with one attached hydrogen (secondary N) is 2. The molecule has 6 heteroatoms. The number of rotatable bonds is 7. The van der Waals surface area contributed by atoms with Gasteiger partial charge in [0.25, 0.3) is 0 Å². The summed E-state index contributed by atoms with van der Waals surface area (Å²) >= 11 is 0. The first-order valence-electron chi connectivity index (χ1n) is 6.34. The first-order valence-corrected chi connectivity index (χ1v) is 7.89. The predicted octanol–water partition coefficient (Wildman–Crippen LogP) is -0.00200. The van der Waals surface area contributed by atoms with Crippen molar-refractivity contribution in [3.63, 3.8) is 0 Å². The summed E-state index contributed by atoms with van der Waals surface area (Å²) in [5.41, 5.74) is 0. The minimum atomic E-state index is -3.19. The molecule has 1 aliphatic rings. The molecule has 17 heavy (non-hydrogen) atoms. The van der Waals surface area contributed by atoms with Crippen LogP contribution in [0, 0.1) is 0 Å². The average Bonchev–Trinajstić information content (AvgIpc) is 2.79. The van der Waals surface area contributed by atoms with E-state index in [9.17, 15) is 8.42 Å². The number of hydrogen-bond acceptors (Lipinski definition) is 4. The Morgan fingerprint density at radius 2 is 1.76 bits per heavy atom. The van der Waals surface area contributed by atoms with Gasteiger partial charge < -0.3 is 5.32 Å². The normalized spacial score (nSPS) is 21.6. The van der Waals surface area contributed by atoms with Gasteiger partial charge in [-0.25, -0.2) is 13.1 Å². The van der Waals surface area contributed by atoms with E-state index in [2.05, 4.69) is 21.9 Å².